The van der Waals surface area contributed by atoms with Crippen molar-refractivity contribution in [3.8, 4) is 11.5 Å². The molecule has 0 unspecified atom stereocenters. The number of hydrogen-bond acceptors (Lipinski definition) is 4. The highest BCUT2D eigenvalue weighted by Crippen LogP contribution is 2.32. The molecule has 0 saturated heterocycles. The largest absolute Gasteiger partial charge is 0.454 e. The van der Waals surface area contributed by atoms with E-state index in [1.807, 2.05) is 37.3 Å². The molecule has 144 valence electrons. The lowest BCUT2D eigenvalue weighted by Gasteiger charge is -2.14. The predicted molar refractivity (Wildman–Crippen MR) is 106 cm³/mol. The van der Waals surface area contributed by atoms with Gasteiger partial charge in [-0.2, -0.15) is 0 Å². The molecule has 0 aromatic heterocycles. The van der Waals surface area contributed by atoms with Gasteiger partial charge in [-0.05, 0) is 42.7 Å². The number of guanidine groups is 1. The molecule has 6 heteroatoms. The Morgan fingerprint density at radius 1 is 1.04 bits per heavy atom. The number of nitrogens with zero attached hydrogens (tertiary/aromatic N) is 1. The van der Waals surface area contributed by atoms with Crippen molar-refractivity contribution in [3.63, 3.8) is 0 Å². The van der Waals surface area contributed by atoms with E-state index in [4.69, 9.17) is 14.2 Å². The molecule has 6 nitrogen and oxygen atoms in total. The highest BCUT2D eigenvalue weighted by Gasteiger charge is 2.13. The smallest absolute Gasteiger partial charge is 0.231 e. The minimum Gasteiger partial charge on any atom is -0.454 e. The number of benzene rings is 2. The van der Waals surface area contributed by atoms with Crippen LogP contribution in [0.3, 0.4) is 0 Å². The third-order valence-electron chi connectivity index (χ3n) is 4.23. The third-order valence-corrected chi connectivity index (χ3v) is 4.23. The number of hydrogen-bond donors (Lipinski definition) is 2. The predicted octanol–water partition coefficient (Wildman–Crippen LogP) is 3.21. The van der Waals surface area contributed by atoms with Gasteiger partial charge in [0, 0.05) is 19.7 Å². The van der Waals surface area contributed by atoms with Gasteiger partial charge in [0.2, 0.25) is 6.79 Å². The summed E-state index contributed by atoms with van der Waals surface area (Å²) < 4.78 is 16.3. The Balaban J connectivity index is 1.63. The van der Waals surface area contributed by atoms with E-state index >= 15 is 0 Å². The molecule has 1 aliphatic rings. The van der Waals surface area contributed by atoms with Crippen LogP contribution in [0, 0.1) is 0 Å². The SMILES string of the molecule is CCNC(=NCc1ccc2c(c1)OCO2)NCc1ccccc1COCC. The summed E-state index contributed by atoms with van der Waals surface area (Å²) in [7, 11) is 0. The molecule has 1 heterocycles. The maximum absolute atomic E-state index is 5.56. The molecular weight excluding hydrogens is 342 g/mol. The summed E-state index contributed by atoms with van der Waals surface area (Å²) >= 11 is 0. The maximum atomic E-state index is 5.56. The summed E-state index contributed by atoms with van der Waals surface area (Å²) in [4.78, 5) is 4.68. The number of fused-ring (bicyclic) bond motifs is 1. The van der Waals surface area contributed by atoms with Crippen molar-refractivity contribution in [1.82, 2.24) is 10.6 Å². The molecule has 0 saturated carbocycles. The minimum absolute atomic E-state index is 0.285. The first kappa shape index (κ1) is 19.0. The average molecular weight is 369 g/mol. The molecule has 0 radical (unpaired) electrons. The van der Waals surface area contributed by atoms with Gasteiger partial charge in [-0.1, -0.05) is 30.3 Å². The van der Waals surface area contributed by atoms with E-state index in [0.29, 0.717) is 26.3 Å². The van der Waals surface area contributed by atoms with E-state index in [2.05, 4.69) is 34.7 Å². The van der Waals surface area contributed by atoms with Crippen LogP contribution < -0.4 is 20.1 Å². The highest BCUT2D eigenvalue weighted by molar-refractivity contribution is 5.79. The van der Waals surface area contributed by atoms with E-state index in [9.17, 15) is 0 Å². The second-order valence-corrected chi connectivity index (χ2v) is 6.14. The van der Waals surface area contributed by atoms with Gasteiger partial charge < -0.3 is 24.8 Å². The zero-order valence-corrected chi connectivity index (χ0v) is 16.0. The molecule has 3 rings (SSSR count). The zero-order chi connectivity index (χ0) is 18.9. The second kappa shape index (κ2) is 9.83. The fourth-order valence-electron chi connectivity index (χ4n) is 2.81. The van der Waals surface area contributed by atoms with Crippen LogP contribution >= 0.6 is 0 Å². The molecule has 2 aromatic rings. The van der Waals surface area contributed by atoms with Crippen LogP contribution in [0.15, 0.2) is 47.5 Å². The lowest BCUT2D eigenvalue weighted by molar-refractivity contribution is 0.133. The lowest BCUT2D eigenvalue weighted by atomic mass is 10.1. The first-order chi connectivity index (χ1) is 13.3. The van der Waals surface area contributed by atoms with Crippen molar-refractivity contribution in [2.45, 2.75) is 33.5 Å². The Bertz CT molecular complexity index is 777. The topological polar surface area (TPSA) is 64.1 Å². The van der Waals surface area contributed by atoms with Crippen LogP contribution in [0.4, 0.5) is 0 Å². The number of nitrogens with one attached hydrogen (secondary N) is 2. The Kier molecular flexibility index (Phi) is 6.93. The van der Waals surface area contributed by atoms with E-state index in [-0.39, 0.29) is 6.79 Å². The van der Waals surface area contributed by atoms with Crippen molar-refractivity contribution in [2.24, 2.45) is 4.99 Å². The normalized spacial score (nSPS) is 12.9. The van der Waals surface area contributed by atoms with Gasteiger partial charge in [-0.3, -0.25) is 0 Å². The average Bonchev–Trinajstić information content (AvgIpc) is 3.17. The fraction of sp³-hybridized carbons (Fsp3) is 0.381. The summed E-state index contributed by atoms with van der Waals surface area (Å²) in [6.07, 6.45) is 0. The Morgan fingerprint density at radius 3 is 2.67 bits per heavy atom. The van der Waals surface area contributed by atoms with Crippen LogP contribution in [0.1, 0.15) is 30.5 Å². The van der Waals surface area contributed by atoms with Gasteiger partial charge in [0.1, 0.15) is 0 Å². The maximum Gasteiger partial charge on any atom is 0.231 e. The van der Waals surface area contributed by atoms with Crippen molar-refractivity contribution >= 4 is 5.96 Å². The number of aliphatic imine (C=N–C) groups is 1. The van der Waals surface area contributed by atoms with Crippen LogP contribution in [-0.2, 0) is 24.4 Å². The van der Waals surface area contributed by atoms with Crippen molar-refractivity contribution in [3.05, 3.63) is 59.2 Å². The van der Waals surface area contributed by atoms with Crippen molar-refractivity contribution < 1.29 is 14.2 Å². The van der Waals surface area contributed by atoms with Crippen molar-refractivity contribution in [2.75, 3.05) is 19.9 Å². The van der Waals surface area contributed by atoms with Crippen molar-refractivity contribution in [1.29, 1.82) is 0 Å². The third kappa shape index (κ3) is 5.37. The molecule has 27 heavy (non-hydrogen) atoms. The Morgan fingerprint density at radius 2 is 1.85 bits per heavy atom. The van der Waals surface area contributed by atoms with E-state index in [1.165, 1.54) is 11.1 Å². The van der Waals surface area contributed by atoms with E-state index in [1.54, 1.807) is 0 Å². The van der Waals surface area contributed by atoms with Gasteiger partial charge in [-0.15, -0.1) is 0 Å². The first-order valence-electron chi connectivity index (χ1n) is 9.35. The minimum atomic E-state index is 0.285. The summed E-state index contributed by atoms with van der Waals surface area (Å²) in [5.74, 6) is 2.35. The highest BCUT2D eigenvalue weighted by atomic mass is 16.7. The van der Waals surface area contributed by atoms with Crippen LogP contribution in [-0.4, -0.2) is 25.9 Å². The second-order valence-electron chi connectivity index (χ2n) is 6.14. The molecule has 0 amide bonds. The summed E-state index contributed by atoms with van der Waals surface area (Å²) in [5, 5.41) is 6.69. The molecule has 0 bridgehead atoms. The quantitative estimate of drug-likeness (QED) is 0.553. The standard InChI is InChI=1S/C21H27N3O3/c1-3-22-21(23-12-16-9-10-19-20(11-16)27-15-26-19)24-13-17-7-5-6-8-18(17)14-25-4-2/h5-11H,3-4,12-15H2,1-2H3,(H2,22,23,24). The summed E-state index contributed by atoms with van der Waals surface area (Å²) in [5.41, 5.74) is 3.48. The Hall–Kier alpha value is -2.73. The molecule has 2 N–H and O–H groups in total. The van der Waals surface area contributed by atoms with Gasteiger partial charge >= 0.3 is 0 Å². The molecular formula is C21H27N3O3. The summed E-state index contributed by atoms with van der Waals surface area (Å²) in [6, 6.07) is 14.2. The molecule has 0 atom stereocenters. The lowest BCUT2D eigenvalue weighted by Crippen LogP contribution is -2.37. The monoisotopic (exact) mass is 369 g/mol. The number of rotatable bonds is 8. The molecule has 1 aliphatic heterocycles. The molecule has 2 aromatic carbocycles. The molecule has 0 fully saturated rings. The number of ether oxygens (including phenoxy) is 3. The van der Waals surface area contributed by atoms with Crippen LogP contribution in [0.2, 0.25) is 0 Å². The molecule has 0 aliphatic carbocycles. The van der Waals surface area contributed by atoms with Crippen LogP contribution in [0.5, 0.6) is 11.5 Å². The Labute approximate surface area is 160 Å². The fourth-order valence-corrected chi connectivity index (χ4v) is 2.81. The zero-order valence-electron chi connectivity index (χ0n) is 16.0. The van der Waals surface area contributed by atoms with Gasteiger partial charge in [-0.25, -0.2) is 4.99 Å². The van der Waals surface area contributed by atoms with Crippen LogP contribution in [0.25, 0.3) is 0 Å². The van der Waals surface area contributed by atoms with E-state index in [0.717, 1.165) is 29.6 Å². The van der Waals surface area contributed by atoms with Gasteiger partial charge in [0.05, 0.1) is 13.2 Å². The molecule has 0 spiro atoms. The van der Waals surface area contributed by atoms with Gasteiger partial charge in [0.25, 0.3) is 0 Å². The van der Waals surface area contributed by atoms with Gasteiger partial charge in [0.15, 0.2) is 17.5 Å². The first-order valence-corrected chi connectivity index (χ1v) is 9.35. The van der Waals surface area contributed by atoms with E-state index < -0.39 is 0 Å². The summed E-state index contributed by atoms with van der Waals surface area (Å²) in [6.45, 7) is 7.73.